The Morgan fingerprint density at radius 1 is 1.23 bits per heavy atom. The quantitative estimate of drug-likeness (QED) is 0.815. The molecular weight excluding hydrogens is 331 g/mol. The van der Waals surface area contributed by atoms with Crippen LogP contribution in [0.4, 0.5) is 5.95 Å². The molecule has 0 bridgehead atoms. The lowest BCUT2D eigenvalue weighted by Gasteiger charge is -2.35. The van der Waals surface area contributed by atoms with Crippen molar-refractivity contribution in [2.24, 2.45) is 0 Å². The number of carbonyl (C=O) groups excluding carboxylic acids is 1. The first kappa shape index (κ1) is 19.1. The lowest BCUT2D eigenvalue weighted by molar-refractivity contribution is -0.119. The van der Waals surface area contributed by atoms with Crippen LogP contribution < -0.4 is 15.7 Å². The number of rotatable bonds is 4. The van der Waals surface area contributed by atoms with Gasteiger partial charge in [0.25, 0.3) is 0 Å². The molecule has 26 heavy (non-hydrogen) atoms. The van der Waals surface area contributed by atoms with Crippen LogP contribution >= 0.6 is 0 Å². The van der Waals surface area contributed by atoms with Gasteiger partial charge in [-0.05, 0) is 47.0 Å². The van der Waals surface area contributed by atoms with E-state index in [-0.39, 0.29) is 23.2 Å². The Hall–Kier alpha value is -1.67. The lowest BCUT2D eigenvalue weighted by Crippen LogP contribution is -2.47. The van der Waals surface area contributed by atoms with Crippen molar-refractivity contribution in [1.82, 2.24) is 15.3 Å². The number of aromatic nitrogens is 2. The molecule has 2 fully saturated rings. The van der Waals surface area contributed by atoms with Gasteiger partial charge in [-0.25, -0.2) is 9.97 Å². The maximum Gasteiger partial charge on any atom is 0.498 e. The predicted octanol–water partition coefficient (Wildman–Crippen LogP) is 1.27. The second-order valence-corrected chi connectivity index (χ2v) is 8.18. The summed E-state index contributed by atoms with van der Waals surface area (Å²) in [5.41, 5.74) is 0.0575. The molecule has 0 unspecified atom stereocenters. The molecule has 8 heteroatoms. The molecule has 3 rings (SSSR count). The molecule has 3 heterocycles. The van der Waals surface area contributed by atoms with Crippen molar-refractivity contribution in [3.63, 3.8) is 0 Å². The zero-order valence-corrected chi connectivity index (χ0v) is 16.4. The highest BCUT2D eigenvalue weighted by atomic mass is 16.7. The second-order valence-electron chi connectivity index (χ2n) is 8.18. The van der Waals surface area contributed by atoms with Gasteiger partial charge < -0.3 is 19.5 Å². The van der Waals surface area contributed by atoms with Crippen LogP contribution in [-0.2, 0) is 14.1 Å². The first-order valence-electron chi connectivity index (χ1n) is 9.38. The minimum Gasteiger partial charge on any atom is -0.399 e. The van der Waals surface area contributed by atoms with Gasteiger partial charge in [0.05, 0.1) is 11.2 Å². The van der Waals surface area contributed by atoms with Gasteiger partial charge in [0.2, 0.25) is 11.9 Å². The first-order chi connectivity index (χ1) is 12.2. The fourth-order valence-corrected chi connectivity index (χ4v) is 3.32. The van der Waals surface area contributed by atoms with E-state index in [1.54, 1.807) is 19.3 Å². The molecule has 0 spiro atoms. The topological polar surface area (TPSA) is 76.6 Å². The Labute approximate surface area is 156 Å². The zero-order chi connectivity index (χ0) is 18.9. The Bertz CT molecular complexity index is 634. The summed E-state index contributed by atoms with van der Waals surface area (Å²) in [5, 5.41) is 2.91. The van der Waals surface area contributed by atoms with Crippen molar-refractivity contribution in [3.8, 4) is 0 Å². The van der Waals surface area contributed by atoms with E-state index in [0.29, 0.717) is 12.5 Å². The van der Waals surface area contributed by atoms with Crippen LogP contribution in [0.2, 0.25) is 0 Å². The number of piperidine rings is 1. The molecular formula is C18H29BN4O3. The van der Waals surface area contributed by atoms with Crippen molar-refractivity contribution in [2.45, 2.75) is 71.1 Å². The van der Waals surface area contributed by atoms with E-state index in [4.69, 9.17) is 9.31 Å². The van der Waals surface area contributed by atoms with Gasteiger partial charge in [-0.1, -0.05) is 0 Å². The maximum atomic E-state index is 11.2. The summed E-state index contributed by atoms with van der Waals surface area (Å²) in [5.74, 6) is 0.688. The molecule has 1 aromatic heterocycles. The monoisotopic (exact) mass is 360 g/mol. The molecule has 7 nitrogen and oxygen atoms in total. The highest BCUT2D eigenvalue weighted by Crippen LogP contribution is 2.36. The third-order valence-corrected chi connectivity index (χ3v) is 5.65. The molecule has 2 saturated heterocycles. The SMILES string of the molecule is CC(=O)NC[C@H]1CCCCN1c1ncc(B2OC(C)(C)C(C)(C)O2)cn1. The molecule has 1 aromatic rings. The number of nitrogens with zero attached hydrogens (tertiary/aromatic N) is 3. The lowest BCUT2D eigenvalue weighted by atomic mass is 9.81. The van der Waals surface area contributed by atoms with E-state index in [1.807, 2.05) is 27.7 Å². The Balaban J connectivity index is 1.71. The smallest absolute Gasteiger partial charge is 0.399 e. The summed E-state index contributed by atoms with van der Waals surface area (Å²) >= 11 is 0. The van der Waals surface area contributed by atoms with Crippen LogP contribution in [0.5, 0.6) is 0 Å². The van der Waals surface area contributed by atoms with Crippen LogP contribution in [-0.4, -0.2) is 53.3 Å². The van der Waals surface area contributed by atoms with E-state index in [2.05, 4.69) is 20.2 Å². The molecule has 1 atom stereocenters. The van der Waals surface area contributed by atoms with Crippen molar-refractivity contribution >= 4 is 24.4 Å². The number of carbonyl (C=O) groups is 1. The largest absolute Gasteiger partial charge is 0.498 e. The number of hydrogen-bond acceptors (Lipinski definition) is 6. The summed E-state index contributed by atoms with van der Waals surface area (Å²) < 4.78 is 12.1. The minimum atomic E-state index is -0.453. The van der Waals surface area contributed by atoms with Crippen LogP contribution in [0.3, 0.4) is 0 Å². The Morgan fingerprint density at radius 3 is 2.42 bits per heavy atom. The van der Waals surface area contributed by atoms with E-state index in [1.165, 1.54) is 0 Å². The van der Waals surface area contributed by atoms with Gasteiger partial charge in [-0.2, -0.15) is 0 Å². The maximum absolute atomic E-state index is 11.2. The second kappa shape index (κ2) is 7.16. The summed E-state index contributed by atoms with van der Waals surface area (Å²) in [6, 6.07) is 0.232. The van der Waals surface area contributed by atoms with Gasteiger partial charge in [-0.15, -0.1) is 0 Å². The molecule has 0 aromatic carbocycles. The molecule has 2 aliphatic rings. The van der Waals surface area contributed by atoms with Crippen molar-refractivity contribution in [1.29, 1.82) is 0 Å². The molecule has 0 aliphatic carbocycles. The van der Waals surface area contributed by atoms with E-state index in [9.17, 15) is 4.79 Å². The van der Waals surface area contributed by atoms with E-state index >= 15 is 0 Å². The number of amides is 1. The average Bonchev–Trinajstić information content (AvgIpc) is 2.81. The predicted molar refractivity (Wildman–Crippen MR) is 101 cm³/mol. The van der Waals surface area contributed by atoms with Gasteiger partial charge in [0, 0.05) is 43.9 Å². The Morgan fingerprint density at radius 2 is 1.85 bits per heavy atom. The van der Waals surface area contributed by atoms with Crippen LogP contribution in [0, 0.1) is 0 Å². The number of nitrogens with one attached hydrogen (secondary N) is 1. The Kier molecular flexibility index (Phi) is 5.26. The normalized spacial score (nSPS) is 24.6. The molecule has 1 amide bonds. The van der Waals surface area contributed by atoms with Crippen LogP contribution in [0.15, 0.2) is 12.4 Å². The summed E-state index contributed by atoms with van der Waals surface area (Å²) in [7, 11) is -0.453. The summed E-state index contributed by atoms with van der Waals surface area (Å²) in [4.78, 5) is 22.5. The minimum absolute atomic E-state index is 0.00690. The molecule has 0 radical (unpaired) electrons. The first-order valence-corrected chi connectivity index (χ1v) is 9.38. The van der Waals surface area contributed by atoms with E-state index in [0.717, 1.165) is 31.3 Å². The van der Waals surface area contributed by atoms with Crippen molar-refractivity contribution in [2.75, 3.05) is 18.0 Å². The van der Waals surface area contributed by atoms with Gasteiger partial charge >= 0.3 is 7.12 Å². The average molecular weight is 360 g/mol. The molecule has 2 aliphatic heterocycles. The third-order valence-electron chi connectivity index (χ3n) is 5.65. The highest BCUT2D eigenvalue weighted by Gasteiger charge is 2.52. The number of anilines is 1. The van der Waals surface area contributed by atoms with Gasteiger partial charge in [-0.3, -0.25) is 4.79 Å². The zero-order valence-electron chi connectivity index (χ0n) is 16.4. The van der Waals surface area contributed by atoms with Crippen LogP contribution in [0.1, 0.15) is 53.9 Å². The molecule has 1 N–H and O–H groups in total. The summed E-state index contributed by atoms with van der Waals surface area (Å²) in [6.45, 7) is 11.2. The van der Waals surface area contributed by atoms with Gasteiger partial charge in [0.15, 0.2) is 0 Å². The standard InChI is InChI=1S/C18H29BN4O3/c1-13(24)20-12-15-8-6-7-9-23(15)16-21-10-14(11-22-16)19-25-17(2,3)18(4,5)26-19/h10-11,15H,6-9,12H2,1-5H3,(H,20,24)/t15-/m1/s1. The van der Waals surface area contributed by atoms with E-state index < -0.39 is 7.12 Å². The van der Waals surface area contributed by atoms with Crippen LogP contribution in [0.25, 0.3) is 0 Å². The fraction of sp³-hybridized carbons (Fsp3) is 0.722. The molecule has 0 saturated carbocycles. The third kappa shape index (κ3) is 3.86. The van der Waals surface area contributed by atoms with Gasteiger partial charge in [0.1, 0.15) is 0 Å². The van der Waals surface area contributed by atoms with Crippen molar-refractivity contribution < 1.29 is 14.1 Å². The van der Waals surface area contributed by atoms with Crippen molar-refractivity contribution in [3.05, 3.63) is 12.4 Å². The number of hydrogen-bond donors (Lipinski definition) is 1. The highest BCUT2D eigenvalue weighted by molar-refractivity contribution is 6.61. The summed E-state index contributed by atoms with van der Waals surface area (Å²) in [6.07, 6.45) is 6.87. The fourth-order valence-electron chi connectivity index (χ4n) is 3.32. The molecule has 142 valence electrons.